The zero-order chi connectivity index (χ0) is 12.5. The van der Waals surface area contributed by atoms with Crippen molar-refractivity contribution in [3.8, 4) is 11.5 Å². The third kappa shape index (κ3) is 2.89. The molecule has 1 heterocycles. The highest BCUT2D eigenvalue weighted by molar-refractivity contribution is 7.91. The van der Waals surface area contributed by atoms with Crippen LogP contribution in [0.1, 0.15) is 12.0 Å². The summed E-state index contributed by atoms with van der Waals surface area (Å²) in [4.78, 5) is 0. The van der Waals surface area contributed by atoms with E-state index in [0.717, 1.165) is 0 Å². The second-order valence-electron chi connectivity index (χ2n) is 4.27. The lowest BCUT2D eigenvalue weighted by Gasteiger charge is -2.12. The van der Waals surface area contributed by atoms with Crippen LogP contribution in [0.2, 0.25) is 0 Å². The van der Waals surface area contributed by atoms with E-state index in [1.807, 2.05) is 0 Å². The quantitative estimate of drug-likeness (QED) is 0.681. The summed E-state index contributed by atoms with van der Waals surface area (Å²) in [5.74, 6) is 0.0488. The number of sulfone groups is 1. The molecule has 1 aromatic carbocycles. The van der Waals surface area contributed by atoms with Crippen LogP contribution in [0.5, 0.6) is 11.5 Å². The fourth-order valence-corrected chi connectivity index (χ4v) is 3.64. The van der Waals surface area contributed by atoms with Crippen LogP contribution in [0.15, 0.2) is 18.2 Å². The maximum Gasteiger partial charge on any atom is 0.161 e. The minimum atomic E-state index is -2.89. The Labute approximate surface area is 100 Å². The minimum absolute atomic E-state index is 0.0678. The average molecular weight is 257 g/mol. The lowest BCUT2D eigenvalue weighted by atomic mass is 10.1. The van der Waals surface area contributed by atoms with Crippen LogP contribution in [0.25, 0.3) is 0 Å². The molecule has 1 aliphatic rings. The van der Waals surface area contributed by atoms with Crippen molar-refractivity contribution in [2.45, 2.75) is 19.0 Å². The Morgan fingerprint density at radius 2 is 2.12 bits per heavy atom. The van der Waals surface area contributed by atoms with Gasteiger partial charge in [-0.05, 0) is 12.5 Å². The van der Waals surface area contributed by atoms with Gasteiger partial charge in [0.05, 0.1) is 11.5 Å². The van der Waals surface area contributed by atoms with Crippen LogP contribution in [0, 0.1) is 0 Å². The Hall–Kier alpha value is -1.27. The second kappa shape index (κ2) is 4.54. The first-order valence-electron chi connectivity index (χ1n) is 5.41. The van der Waals surface area contributed by atoms with Crippen molar-refractivity contribution in [2.24, 2.45) is 0 Å². The van der Waals surface area contributed by atoms with Gasteiger partial charge in [0.1, 0.15) is 0 Å². The van der Waals surface area contributed by atoms with Crippen molar-refractivity contribution in [2.75, 3.05) is 11.5 Å². The summed E-state index contributed by atoms with van der Waals surface area (Å²) in [6, 6.07) is 4.66. The number of hydrogen-bond acceptors (Lipinski definition) is 5. The van der Waals surface area contributed by atoms with Gasteiger partial charge < -0.3 is 15.5 Å². The average Bonchev–Trinajstić information content (AvgIpc) is 2.61. The van der Waals surface area contributed by atoms with E-state index in [4.69, 9.17) is 0 Å². The summed E-state index contributed by atoms with van der Waals surface area (Å²) in [5, 5.41) is 21.9. The number of hydrogen-bond donors (Lipinski definition) is 3. The first-order valence-corrected chi connectivity index (χ1v) is 7.24. The molecule has 3 N–H and O–H groups in total. The number of phenols is 2. The summed E-state index contributed by atoms with van der Waals surface area (Å²) in [5.41, 5.74) is 0.564. The summed E-state index contributed by atoms with van der Waals surface area (Å²) in [6.07, 6.45) is 0.599. The third-order valence-corrected chi connectivity index (χ3v) is 4.68. The van der Waals surface area contributed by atoms with Crippen LogP contribution < -0.4 is 5.32 Å². The first-order chi connectivity index (χ1) is 7.98. The van der Waals surface area contributed by atoms with E-state index < -0.39 is 9.84 Å². The maximum atomic E-state index is 11.2. The van der Waals surface area contributed by atoms with E-state index in [1.165, 1.54) is 6.07 Å². The largest absolute Gasteiger partial charge is 0.504 e. The molecule has 0 amide bonds. The maximum absolute atomic E-state index is 11.2. The van der Waals surface area contributed by atoms with Crippen molar-refractivity contribution >= 4 is 9.84 Å². The molecule has 1 atom stereocenters. The van der Waals surface area contributed by atoms with Gasteiger partial charge in [-0.25, -0.2) is 8.42 Å². The Balaban J connectivity index is 1.97. The van der Waals surface area contributed by atoms with Crippen molar-refractivity contribution in [3.05, 3.63) is 23.8 Å². The molecule has 0 aromatic heterocycles. The fourth-order valence-electron chi connectivity index (χ4n) is 1.93. The predicted molar refractivity (Wildman–Crippen MR) is 63.7 cm³/mol. The van der Waals surface area contributed by atoms with E-state index in [-0.39, 0.29) is 29.0 Å². The molecule has 0 spiro atoms. The highest BCUT2D eigenvalue weighted by Crippen LogP contribution is 2.28. The van der Waals surface area contributed by atoms with Crippen molar-refractivity contribution in [3.63, 3.8) is 0 Å². The van der Waals surface area contributed by atoms with E-state index in [9.17, 15) is 18.6 Å². The molecule has 0 radical (unpaired) electrons. The van der Waals surface area contributed by atoms with Crippen molar-refractivity contribution in [1.29, 1.82) is 0 Å². The van der Waals surface area contributed by atoms with Gasteiger partial charge in [-0.3, -0.25) is 0 Å². The van der Waals surface area contributed by atoms with Gasteiger partial charge in [0.15, 0.2) is 21.3 Å². The highest BCUT2D eigenvalue weighted by atomic mass is 32.2. The first kappa shape index (κ1) is 12.2. The van der Waals surface area contributed by atoms with Crippen molar-refractivity contribution < 1.29 is 18.6 Å². The molecule has 1 saturated heterocycles. The number of nitrogens with one attached hydrogen (secondary N) is 1. The molecule has 1 aromatic rings. The number of aromatic hydroxyl groups is 2. The normalized spacial score (nSPS) is 22.7. The minimum Gasteiger partial charge on any atom is -0.504 e. The molecule has 0 saturated carbocycles. The summed E-state index contributed by atoms with van der Waals surface area (Å²) in [6.45, 7) is 0.348. The van der Waals surface area contributed by atoms with Gasteiger partial charge in [0, 0.05) is 18.2 Å². The Kier molecular flexibility index (Phi) is 3.26. The van der Waals surface area contributed by atoms with Gasteiger partial charge in [-0.15, -0.1) is 0 Å². The Morgan fingerprint density at radius 3 is 2.76 bits per heavy atom. The smallest absolute Gasteiger partial charge is 0.161 e. The molecule has 1 fully saturated rings. The van der Waals surface area contributed by atoms with E-state index in [2.05, 4.69) is 5.32 Å². The molecular formula is C11H15NO4S. The number of benzene rings is 1. The standard InChI is InChI=1S/C11H15NO4S/c13-10-3-1-2-8(11(10)14)6-12-9-4-5-17(15,16)7-9/h1-3,9,12-14H,4-7H2. The molecule has 2 rings (SSSR count). The molecule has 1 aliphatic heterocycles. The molecule has 6 heteroatoms. The molecule has 0 aliphatic carbocycles. The third-order valence-electron chi connectivity index (χ3n) is 2.91. The summed E-state index contributed by atoms with van der Waals surface area (Å²) < 4.78 is 22.5. The molecular weight excluding hydrogens is 242 g/mol. The molecule has 5 nitrogen and oxygen atoms in total. The van der Waals surface area contributed by atoms with E-state index >= 15 is 0 Å². The SMILES string of the molecule is O=S1(=O)CCC(NCc2cccc(O)c2O)C1. The van der Waals surface area contributed by atoms with Crippen molar-refractivity contribution in [1.82, 2.24) is 5.32 Å². The topological polar surface area (TPSA) is 86.6 Å². The second-order valence-corrected chi connectivity index (χ2v) is 6.49. The summed E-state index contributed by atoms with van der Waals surface area (Å²) >= 11 is 0. The molecule has 0 bridgehead atoms. The van der Waals surface area contributed by atoms with Gasteiger partial charge in [-0.2, -0.15) is 0 Å². The van der Waals surface area contributed by atoms with Crippen LogP contribution in [-0.2, 0) is 16.4 Å². The van der Waals surface area contributed by atoms with E-state index in [1.54, 1.807) is 12.1 Å². The Morgan fingerprint density at radius 1 is 1.35 bits per heavy atom. The molecule has 17 heavy (non-hydrogen) atoms. The van der Waals surface area contributed by atoms with Gasteiger partial charge in [0.2, 0.25) is 0 Å². The highest BCUT2D eigenvalue weighted by Gasteiger charge is 2.27. The summed E-state index contributed by atoms with van der Waals surface area (Å²) in [7, 11) is -2.89. The van der Waals surface area contributed by atoms with Crippen LogP contribution in [0.4, 0.5) is 0 Å². The zero-order valence-corrected chi connectivity index (χ0v) is 10.1. The molecule has 1 unspecified atom stereocenters. The van der Waals surface area contributed by atoms with E-state index in [0.29, 0.717) is 18.5 Å². The fraction of sp³-hybridized carbons (Fsp3) is 0.455. The lowest BCUT2D eigenvalue weighted by Crippen LogP contribution is -2.29. The van der Waals surface area contributed by atoms with Gasteiger partial charge in [0.25, 0.3) is 0 Å². The lowest BCUT2D eigenvalue weighted by molar-refractivity contribution is 0.396. The number of rotatable bonds is 3. The van der Waals surface area contributed by atoms with Gasteiger partial charge in [-0.1, -0.05) is 12.1 Å². The van der Waals surface area contributed by atoms with Crippen LogP contribution in [-0.4, -0.2) is 36.2 Å². The molecule has 94 valence electrons. The number of para-hydroxylation sites is 1. The monoisotopic (exact) mass is 257 g/mol. The van der Waals surface area contributed by atoms with Crippen LogP contribution in [0.3, 0.4) is 0 Å². The zero-order valence-electron chi connectivity index (χ0n) is 9.26. The number of phenolic OH excluding ortho intramolecular Hbond substituents is 2. The van der Waals surface area contributed by atoms with Crippen LogP contribution >= 0.6 is 0 Å². The predicted octanol–water partition coefficient (Wildman–Crippen LogP) is 0.374. The Bertz CT molecular complexity index is 512. The van der Waals surface area contributed by atoms with Gasteiger partial charge >= 0.3 is 0 Å².